The Morgan fingerprint density at radius 2 is 1.86 bits per heavy atom. The van der Waals surface area contributed by atoms with Crippen molar-refractivity contribution in [2.45, 2.75) is 6.54 Å². The van der Waals surface area contributed by atoms with Gasteiger partial charge in [0.15, 0.2) is 0 Å². The molecule has 3 N–H and O–H groups in total. The minimum absolute atomic E-state index is 0.116. The van der Waals surface area contributed by atoms with Crippen LogP contribution in [0.5, 0.6) is 0 Å². The largest absolute Gasteiger partial charge is 0.467 e. The molecule has 9 nitrogen and oxygen atoms in total. The fraction of sp³-hybridized carbons (Fsp3) is 0.100. The lowest BCUT2D eigenvalue weighted by molar-refractivity contribution is -0.384. The van der Waals surface area contributed by atoms with Gasteiger partial charge in [0.25, 0.3) is 11.6 Å². The number of nitro benzene ring substituents is 1. The molecule has 3 aromatic rings. The smallest absolute Gasteiger partial charge is 0.271 e. The van der Waals surface area contributed by atoms with E-state index in [0.29, 0.717) is 22.7 Å². The molecule has 0 spiro atoms. The quantitative estimate of drug-likeness (QED) is 0.398. The van der Waals surface area contributed by atoms with Gasteiger partial charge in [0.05, 0.1) is 29.8 Å². The number of nitrogens with zero attached hydrogens (tertiary/aromatic N) is 1. The predicted octanol–water partition coefficient (Wildman–Crippen LogP) is 3.17. The van der Waals surface area contributed by atoms with Crippen LogP contribution < -0.4 is 16.0 Å². The zero-order valence-corrected chi connectivity index (χ0v) is 15.3. The van der Waals surface area contributed by atoms with Crippen molar-refractivity contribution in [3.8, 4) is 0 Å². The van der Waals surface area contributed by atoms with Gasteiger partial charge in [0.2, 0.25) is 5.91 Å². The lowest BCUT2D eigenvalue weighted by atomic mass is 10.1. The number of hydrogen-bond donors (Lipinski definition) is 3. The third-order valence-corrected chi connectivity index (χ3v) is 3.96. The molecule has 0 saturated carbocycles. The molecule has 0 unspecified atom stereocenters. The van der Waals surface area contributed by atoms with Crippen LogP contribution in [-0.2, 0) is 11.3 Å². The summed E-state index contributed by atoms with van der Waals surface area (Å²) in [6.07, 6.45) is 1.52. The Morgan fingerprint density at radius 1 is 1.03 bits per heavy atom. The van der Waals surface area contributed by atoms with Crippen LogP contribution in [0.2, 0.25) is 0 Å². The molecule has 0 fully saturated rings. The van der Waals surface area contributed by atoms with Gasteiger partial charge in [-0.25, -0.2) is 0 Å². The Morgan fingerprint density at radius 3 is 2.62 bits per heavy atom. The van der Waals surface area contributed by atoms with E-state index in [9.17, 15) is 19.7 Å². The molecule has 2 aromatic carbocycles. The van der Waals surface area contributed by atoms with Gasteiger partial charge in [-0.2, -0.15) is 0 Å². The van der Waals surface area contributed by atoms with E-state index in [1.807, 2.05) is 0 Å². The van der Waals surface area contributed by atoms with Crippen molar-refractivity contribution in [3.05, 3.63) is 88.4 Å². The average Bonchev–Trinajstić information content (AvgIpc) is 3.24. The summed E-state index contributed by atoms with van der Waals surface area (Å²) in [5, 5.41) is 19.1. The highest BCUT2D eigenvalue weighted by Crippen LogP contribution is 2.18. The van der Waals surface area contributed by atoms with Crippen molar-refractivity contribution in [2.24, 2.45) is 0 Å². The van der Waals surface area contributed by atoms with E-state index in [1.54, 1.807) is 42.5 Å². The molecule has 148 valence electrons. The van der Waals surface area contributed by atoms with Gasteiger partial charge in [-0.15, -0.1) is 0 Å². The van der Waals surface area contributed by atoms with E-state index in [0.717, 1.165) is 0 Å². The van der Waals surface area contributed by atoms with Crippen molar-refractivity contribution in [3.63, 3.8) is 0 Å². The van der Waals surface area contributed by atoms with E-state index in [2.05, 4.69) is 16.0 Å². The van der Waals surface area contributed by atoms with Crippen LogP contribution in [-0.4, -0.2) is 23.3 Å². The van der Waals surface area contributed by atoms with Crippen LogP contribution in [0, 0.1) is 10.1 Å². The molecule has 2 amide bonds. The fourth-order valence-corrected chi connectivity index (χ4v) is 2.59. The molecular weight excluding hydrogens is 376 g/mol. The van der Waals surface area contributed by atoms with Gasteiger partial charge in [0.1, 0.15) is 5.76 Å². The van der Waals surface area contributed by atoms with Crippen LogP contribution >= 0.6 is 0 Å². The summed E-state index contributed by atoms with van der Waals surface area (Å²) >= 11 is 0. The molecule has 0 radical (unpaired) electrons. The second-order valence-corrected chi connectivity index (χ2v) is 6.02. The Balaban J connectivity index is 1.59. The Hall–Kier alpha value is -4.14. The number of amides is 2. The molecule has 29 heavy (non-hydrogen) atoms. The molecule has 0 aliphatic carbocycles. The highest BCUT2D eigenvalue weighted by atomic mass is 16.6. The fourth-order valence-electron chi connectivity index (χ4n) is 2.59. The van der Waals surface area contributed by atoms with E-state index in [4.69, 9.17) is 4.42 Å². The Labute approximate surface area is 165 Å². The van der Waals surface area contributed by atoms with Gasteiger partial charge in [0, 0.05) is 23.5 Å². The first-order chi connectivity index (χ1) is 14.0. The number of furan rings is 1. The van der Waals surface area contributed by atoms with Gasteiger partial charge in [-0.05, 0) is 30.3 Å². The highest BCUT2D eigenvalue weighted by Gasteiger charge is 2.13. The minimum atomic E-state index is -0.536. The summed E-state index contributed by atoms with van der Waals surface area (Å²) in [6, 6.07) is 15.9. The Bertz CT molecular complexity index is 1020. The predicted molar refractivity (Wildman–Crippen MR) is 107 cm³/mol. The maximum atomic E-state index is 12.4. The number of nitrogens with one attached hydrogen (secondary N) is 3. The first-order valence-corrected chi connectivity index (χ1v) is 8.71. The standard InChI is InChI=1S/C20H18N4O5/c25-19(23-14-5-3-6-15(11-14)24(27)28)13-21-18-9-2-1-8-17(18)20(26)22-12-16-7-4-10-29-16/h1-11,21H,12-13H2,(H,22,26)(H,23,25). The number of hydrogen-bond acceptors (Lipinski definition) is 6. The highest BCUT2D eigenvalue weighted by molar-refractivity contribution is 6.00. The summed E-state index contributed by atoms with van der Waals surface area (Å²) < 4.78 is 5.18. The van der Waals surface area contributed by atoms with Crippen molar-refractivity contribution in [2.75, 3.05) is 17.2 Å². The molecule has 3 rings (SSSR count). The molecule has 0 bridgehead atoms. The second kappa shape index (κ2) is 9.18. The van der Waals surface area contributed by atoms with Gasteiger partial charge >= 0.3 is 0 Å². The molecule has 0 aliphatic rings. The molecule has 9 heteroatoms. The second-order valence-electron chi connectivity index (χ2n) is 6.02. The zero-order chi connectivity index (χ0) is 20.6. The minimum Gasteiger partial charge on any atom is -0.467 e. The van der Waals surface area contributed by atoms with Crippen LogP contribution in [0.4, 0.5) is 17.1 Å². The monoisotopic (exact) mass is 394 g/mol. The summed E-state index contributed by atoms with van der Waals surface area (Å²) in [7, 11) is 0. The number of carbonyl (C=O) groups excluding carboxylic acids is 2. The molecule has 0 atom stereocenters. The summed E-state index contributed by atoms with van der Waals surface area (Å²) in [4.78, 5) is 34.9. The molecule has 0 saturated heterocycles. The van der Waals surface area contributed by atoms with Crippen molar-refractivity contribution in [1.29, 1.82) is 0 Å². The molecule has 1 aromatic heterocycles. The summed E-state index contributed by atoms with van der Waals surface area (Å²) in [5.74, 6) is -0.0972. The average molecular weight is 394 g/mol. The molecule has 1 heterocycles. The van der Waals surface area contributed by atoms with Crippen molar-refractivity contribution >= 4 is 28.9 Å². The lowest BCUT2D eigenvalue weighted by Crippen LogP contribution is -2.26. The number of benzene rings is 2. The maximum absolute atomic E-state index is 12.4. The van der Waals surface area contributed by atoms with Crippen LogP contribution in [0.25, 0.3) is 0 Å². The van der Waals surface area contributed by atoms with Crippen LogP contribution in [0.1, 0.15) is 16.1 Å². The maximum Gasteiger partial charge on any atom is 0.271 e. The van der Waals surface area contributed by atoms with Crippen molar-refractivity contribution < 1.29 is 18.9 Å². The Kier molecular flexibility index (Phi) is 6.21. The normalized spacial score (nSPS) is 10.2. The van der Waals surface area contributed by atoms with E-state index in [1.165, 1.54) is 24.5 Å². The number of anilines is 2. The first kappa shape index (κ1) is 19.6. The molecular formula is C20H18N4O5. The third kappa shape index (κ3) is 5.42. The zero-order valence-electron chi connectivity index (χ0n) is 15.3. The van der Waals surface area contributed by atoms with Crippen molar-refractivity contribution in [1.82, 2.24) is 5.32 Å². The van der Waals surface area contributed by atoms with Gasteiger partial charge < -0.3 is 20.4 Å². The molecule has 0 aliphatic heterocycles. The topological polar surface area (TPSA) is 127 Å². The number of nitro groups is 1. The SMILES string of the molecule is O=C(CNc1ccccc1C(=O)NCc1ccco1)Nc1cccc([N+](=O)[O-])c1. The van der Waals surface area contributed by atoms with Gasteiger partial charge in [-0.3, -0.25) is 19.7 Å². The van der Waals surface area contributed by atoms with Crippen LogP contribution in [0.15, 0.2) is 71.3 Å². The number of rotatable bonds is 8. The van der Waals surface area contributed by atoms with E-state index in [-0.39, 0.29) is 24.7 Å². The number of non-ortho nitro benzene ring substituents is 1. The third-order valence-electron chi connectivity index (χ3n) is 3.96. The van der Waals surface area contributed by atoms with Crippen LogP contribution in [0.3, 0.4) is 0 Å². The summed E-state index contributed by atoms with van der Waals surface area (Å²) in [6.45, 7) is 0.124. The van der Waals surface area contributed by atoms with E-state index >= 15 is 0 Å². The number of para-hydroxylation sites is 1. The first-order valence-electron chi connectivity index (χ1n) is 8.71. The summed E-state index contributed by atoms with van der Waals surface area (Å²) in [5.41, 5.74) is 1.06. The van der Waals surface area contributed by atoms with E-state index < -0.39 is 10.8 Å². The van der Waals surface area contributed by atoms with Gasteiger partial charge in [-0.1, -0.05) is 18.2 Å². The number of carbonyl (C=O) groups is 2. The lowest BCUT2D eigenvalue weighted by Gasteiger charge is -2.12.